The summed E-state index contributed by atoms with van der Waals surface area (Å²) in [7, 11) is 0. The monoisotopic (exact) mass is 356 g/mol. The topological polar surface area (TPSA) is 59.1 Å². The zero-order chi connectivity index (χ0) is 14.7. The Bertz CT molecular complexity index is 643. The lowest BCUT2D eigenvalue weighted by molar-refractivity contribution is 0.305. The molecule has 2 aromatic rings. The molecule has 104 valence electrons. The van der Waals surface area contributed by atoms with Crippen LogP contribution in [-0.2, 0) is 6.61 Å². The molecule has 0 saturated heterocycles. The highest BCUT2D eigenvalue weighted by Gasteiger charge is 2.08. The fraction of sp³-hybridized carbons (Fsp3) is 0.0714. The highest BCUT2D eigenvalue weighted by molar-refractivity contribution is 9.10. The van der Waals surface area contributed by atoms with Gasteiger partial charge in [-0.05, 0) is 42.0 Å². The van der Waals surface area contributed by atoms with E-state index in [1.54, 1.807) is 24.3 Å². The zero-order valence-corrected chi connectivity index (χ0v) is 12.6. The molecule has 0 aliphatic rings. The minimum Gasteiger partial charge on any atom is -0.488 e. The third kappa shape index (κ3) is 3.71. The van der Waals surface area contributed by atoms with E-state index in [4.69, 9.17) is 27.5 Å². The van der Waals surface area contributed by atoms with E-state index in [9.17, 15) is 4.39 Å². The van der Waals surface area contributed by atoms with Gasteiger partial charge < -0.3 is 10.5 Å². The van der Waals surface area contributed by atoms with Crippen molar-refractivity contribution >= 4 is 33.4 Å². The van der Waals surface area contributed by atoms with E-state index in [1.807, 2.05) is 0 Å². The number of benzene rings is 2. The molecule has 0 unspecified atom stereocenters. The van der Waals surface area contributed by atoms with Crippen molar-refractivity contribution in [3.05, 3.63) is 62.8 Å². The van der Waals surface area contributed by atoms with Gasteiger partial charge in [0.1, 0.15) is 24.0 Å². The second-order valence-corrected chi connectivity index (χ2v) is 5.47. The van der Waals surface area contributed by atoms with Crippen LogP contribution in [0.15, 0.2) is 40.9 Å². The van der Waals surface area contributed by atoms with E-state index < -0.39 is 0 Å². The summed E-state index contributed by atoms with van der Waals surface area (Å²) >= 11 is 9.11. The number of ether oxygens (including phenoxy) is 1. The largest absolute Gasteiger partial charge is 0.488 e. The first-order chi connectivity index (χ1) is 9.45. The van der Waals surface area contributed by atoms with Gasteiger partial charge in [0, 0.05) is 9.50 Å². The van der Waals surface area contributed by atoms with Crippen LogP contribution in [0.25, 0.3) is 0 Å². The smallest absolute Gasteiger partial charge is 0.132 e. The maximum atomic E-state index is 13.3. The molecule has 0 bridgehead atoms. The number of nitrogens with one attached hydrogen (secondary N) is 1. The van der Waals surface area contributed by atoms with Crippen molar-refractivity contribution in [2.24, 2.45) is 5.73 Å². The van der Waals surface area contributed by atoms with Crippen molar-refractivity contribution in [2.45, 2.75) is 6.61 Å². The van der Waals surface area contributed by atoms with Gasteiger partial charge in [-0.2, -0.15) is 0 Å². The Kier molecular flexibility index (Phi) is 4.62. The summed E-state index contributed by atoms with van der Waals surface area (Å²) in [5.74, 6) is -0.0710. The molecule has 0 saturated carbocycles. The minimum absolute atomic E-state index is 0.114. The summed E-state index contributed by atoms with van der Waals surface area (Å²) < 4.78 is 19.5. The van der Waals surface area contributed by atoms with E-state index >= 15 is 0 Å². The van der Waals surface area contributed by atoms with Gasteiger partial charge in [-0.25, -0.2) is 4.39 Å². The number of amidine groups is 1. The quantitative estimate of drug-likeness (QED) is 0.639. The molecule has 0 spiro atoms. The second kappa shape index (κ2) is 6.24. The van der Waals surface area contributed by atoms with Crippen LogP contribution < -0.4 is 10.5 Å². The molecule has 2 rings (SSSR count). The molecule has 6 heteroatoms. The van der Waals surface area contributed by atoms with Crippen LogP contribution in [0.5, 0.6) is 5.75 Å². The van der Waals surface area contributed by atoms with E-state index in [2.05, 4.69) is 15.9 Å². The normalized spacial score (nSPS) is 10.3. The Labute approximate surface area is 129 Å². The lowest BCUT2D eigenvalue weighted by Gasteiger charge is -2.11. The average molecular weight is 358 g/mol. The lowest BCUT2D eigenvalue weighted by Crippen LogP contribution is -2.13. The van der Waals surface area contributed by atoms with Gasteiger partial charge in [0.05, 0.1) is 5.56 Å². The minimum atomic E-state index is -0.351. The summed E-state index contributed by atoms with van der Waals surface area (Å²) in [5.41, 5.74) is 6.58. The molecule has 0 fully saturated rings. The molecule has 3 N–H and O–H groups in total. The Morgan fingerprint density at radius 2 is 2.05 bits per heavy atom. The predicted octanol–water partition coefficient (Wildman–Crippen LogP) is 4.10. The van der Waals surface area contributed by atoms with Crippen molar-refractivity contribution in [2.75, 3.05) is 0 Å². The van der Waals surface area contributed by atoms with Crippen molar-refractivity contribution < 1.29 is 9.13 Å². The highest BCUT2D eigenvalue weighted by Crippen LogP contribution is 2.24. The fourth-order valence-corrected chi connectivity index (χ4v) is 2.37. The molecule has 3 nitrogen and oxygen atoms in total. The van der Waals surface area contributed by atoms with Crippen LogP contribution in [0.1, 0.15) is 11.1 Å². The maximum absolute atomic E-state index is 13.3. The molecule has 0 amide bonds. The highest BCUT2D eigenvalue weighted by atomic mass is 79.9. The van der Waals surface area contributed by atoms with Gasteiger partial charge >= 0.3 is 0 Å². The van der Waals surface area contributed by atoms with Gasteiger partial charge in [-0.15, -0.1) is 0 Å². The summed E-state index contributed by atoms with van der Waals surface area (Å²) in [4.78, 5) is 0. The second-order valence-electron chi connectivity index (χ2n) is 4.12. The van der Waals surface area contributed by atoms with Crippen LogP contribution in [-0.4, -0.2) is 5.84 Å². The molecular formula is C14H11BrClFN2O. The first-order valence-electron chi connectivity index (χ1n) is 5.67. The van der Waals surface area contributed by atoms with E-state index in [1.165, 1.54) is 12.1 Å². The van der Waals surface area contributed by atoms with Crippen molar-refractivity contribution in [3.8, 4) is 5.75 Å². The van der Waals surface area contributed by atoms with E-state index in [0.29, 0.717) is 26.4 Å². The van der Waals surface area contributed by atoms with Gasteiger partial charge in [-0.1, -0.05) is 27.5 Å². The number of halogens is 3. The maximum Gasteiger partial charge on any atom is 0.132 e. The number of nitrogen functional groups attached to an aromatic ring is 1. The molecule has 2 aromatic carbocycles. The average Bonchev–Trinajstić information content (AvgIpc) is 2.35. The van der Waals surface area contributed by atoms with Crippen molar-refractivity contribution in [3.63, 3.8) is 0 Å². The summed E-state index contributed by atoms with van der Waals surface area (Å²) in [6, 6.07) is 9.31. The Hall–Kier alpha value is -1.59. The number of rotatable bonds is 4. The molecule has 0 aliphatic heterocycles. The summed E-state index contributed by atoms with van der Waals surface area (Å²) in [6.07, 6.45) is 0. The van der Waals surface area contributed by atoms with Crippen LogP contribution >= 0.6 is 27.5 Å². The molecule has 0 aliphatic carbocycles. The van der Waals surface area contributed by atoms with Gasteiger partial charge in [0.25, 0.3) is 0 Å². The van der Waals surface area contributed by atoms with E-state index in [-0.39, 0.29) is 18.3 Å². The molecule has 20 heavy (non-hydrogen) atoms. The van der Waals surface area contributed by atoms with E-state index in [0.717, 1.165) is 0 Å². The van der Waals surface area contributed by atoms with Gasteiger partial charge in [0.2, 0.25) is 0 Å². The standard InChI is InChI=1S/C14H11BrClFN2O/c15-9-3-8(4-11(17)5-9)7-20-13-6-10(16)1-2-12(13)14(18)19/h1-6H,7H2,(H3,18,19). The fourth-order valence-electron chi connectivity index (χ4n) is 1.69. The summed E-state index contributed by atoms with van der Waals surface area (Å²) in [5, 5.41) is 7.96. The van der Waals surface area contributed by atoms with Crippen LogP contribution in [0, 0.1) is 11.2 Å². The SMILES string of the molecule is N=C(N)c1ccc(Cl)cc1OCc1cc(F)cc(Br)c1. The first kappa shape index (κ1) is 14.8. The number of nitrogens with two attached hydrogens (primary N) is 1. The third-order valence-electron chi connectivity index (χ3n) is 2.55. The van der Waals surface area contributed by atoms with Crippen LogP contribution in [0.3, 0.4) is 0 Å². The zero-order valence-electron chi connectivity index (χ0n) is 10.3. The van der Waals surface area contributed by atoms with Crippen molar-refractivity contribution in [1.29, 1.82) is 5.41 Å². The van der Waals surface area contributed by atoms with Crippen LogP contribution in [0.4, 0.5) is 4.39 Å². The van der Waals surface area contributed by atoms with Gasteiger partial charge in [0.15, 0.2) is 0 Å². The Morgan fingerprint density at radius 3 is 2.70 bits per heavy atom. The Morgan fingerprint density at radius 1 is 1.30 bits per heavy atom. The predicted molar refractivity (Wildman–Crippen MR) is 80.9 cm³/mol. The van der Waals surface area contributed by atoms with Crippen molar-refractivity contribution in [1.82, 2.24) is 0 Å². The summed E-state index contributed by atoms with van der Waals surface area (Å²) in [6.45, 7) is 0.150. The third-order valence-corrected chi connectivity index (χ3v) is 3.24. The molecule has 0 heterocycles. The number of hydrogen-bond acceptors (Lipinski definition) is 2. The van der Waals surface area contributed by atoms with Crippen LogP contribution in [0.2, 0.25) is 5.02 Å². The first-order valence-corrected chi connectivity index (χ1v) is 6.84. The molecule has 0 radical (unpaired) electrons. The number of hydrogen-bond donors (Lipinski definition) is 2. The molecule has 0 aromatic heterocycles. The van der Waals surface area contributed by atoms with Gasteiger partial charge in [-0.3, -0.25) is 5.41 Å². The molecular weight excluding hydrogens is 347 g/mol. The lowest BCUT2D eigenvalue weighted by atomic mass is 10.2. The Balaban J connectivity index is 2.22. The molecule has 0 atom stereocenters.